The first kappa shape index (κ1) is 17.2. The van der Waals surface area contributed by atoms with E-state index in [2.05, 4.69) is 10.3 Å². The molecule has 0 aliphatic heterocycles. The number of para-hydroxylation sites is 1. The summed E-state index contributed by atoms with van der Waals surface area (Å²) in [6, 6.07) is 17.5. The molecule has 2 unspecified atom stereocenters. The van der Waals surface area contributed by atoms with E-state index < -0.39 is 6.10 Å². The highest BCUT2D eigenvalue weighted by Crippen LogP contribution is 2.22. The molecule has 0 aliphatic rings. The van der Waals surface area contributed by atoms with Crippen LogP contribution in [0.5, 0.6) is 0 Å². The maximum absolute atomic E-state index is 12.4. The Bertz CT molecular complexity index is 855. The molecule has 2 aromatic carbocycles. The highest BCUT2D eigenvalue weighted by molar-refractivity contribution is 5.90. The fourth-order valence-corrected chi connectivity index (χ4v) is 3.16. The van der Waals surface area contributed by atoms with Gasteiger partial charge < -0.3 is 15.4 Å². The van der Waals surface area contributed by atoms with E-state index in [4.69, 9.17) is 0 Å². The van der Waals surface area contributed by atoms with Gasteiger partial charge in [0.25, 0.3) is 0 Å². The number of aryl methyl sites for hydroxylation is 1. The van der Waals surface area contributed by atoms with Crippen LogP contribution in [0.1, 0.15) is 23.7 Å². The van der Waals surface area contributed by atoms with Crippen molar-refractivity contribution in [3.05, 3.63) is 71.4 Å². The third kappa shape index (κ3) is 4.09. The van der Waals surface area contributed by atoms with Gasteiger partial charge in [-0.3, -0.25) is 4.79 Å². The van der Waals surface area contributed by atoms with Crippen LogP contribution in [-0.2, 0) is 17.6 Å². The number of aromatic amines is 1. The molecule has 2 atom stereocenters. The molecule has 3 N–H and O–H groups in total. The van der Waals surface area contributed by atoms with Crippen molar-refractivity contribution in [2.24, 2.45) is 0 Å². The normalized spacial score (nSPS) is 13.6. The summed E-state index contributed by atoms with van der Waals surface area (Å²) in [6.45, 7) is 3.82. The summed E-state index contributed by atoms with van der Waals surface area (Å²) in [7, 11) is 0. The number of benzene rings is 2. The predicted molar refractivity (Wildman–Crippen MR) is 100 cm³/mol. The second-order valence-corrected chi connectivity index (χ2v) is 6.56. The van der Waals surface area contributed by atoms with Crippen LogP contribution in [0.2, 0.25) is 0 Å². The van der Waals surface area contributed by atoms with Gasteiger partial charge in [-0.1, -0.05) is 48.5 Å². The fourth-order valence-electron chi connectivity index (χ4n) is 3.16. The van der Waals surface area contributed by atoms with Crippen LogP contribution in [0.4, 0.5) is 0 Å². The van der Waals surface area contributed by atoms with Crippen molar-refractivity contribution in [1.82, 2.24) is 10.3 Å². The minimum Gasteiger partial charge on any atom is -0.391 e. The Labute approximate surface area is 147 Å². The molecule has 0 spiro atoms. The fraction of sp³-hybridized carbons (Fsp3) is 0.286. The third-order valence-corrected chi connectivity index (χ3v) is 4.62. The lowest BCUT2D eigenvalue weighted by molar-refractivity contribution is -0.121. The number of fused-ring (bicyclic) bond motifs is 1. The zero-order valence-electron chi connectivity index (χ0n) is 14.6. The van der Waals surface area contributed by atoms with Gasteiger partial charge >= 0.3 is 0 Å². The van der Waals surface area contributed by atoms with Gasteiger partial charge in [0.2, 0.25) is 5.91 Å². The van der Waals surface area contributed by atoms with Gasteiger partial charge in [-0.25, -0.2) is 0 Å². The van der Waals surface area contributed by atoms with E-state index in [1.807, 2.05) is 68.4 Å². The van der Waals surface area contributed by atoms with Gasteiger partial charge in [0.15, 0.2) is 0 Å². The molecule has 0 radical (unpaired) electrons. The van der Waals surface area contributed by atoms with Crippen molar-refractivity contribution in [3.63, 3.8) is 0 Å². The molecular weight excluding hydrogens is 312 g/mol. The molecule has 130 valence electrons. The zero-order chi connectivity index (χ0) is 17.8. The predicted octanol–water partition coefficient (Wildman–Crippen LogP) is 3.13. The van der Waals surface area contributed by atoms with Crippen LogP contribution in [0.25, 0.3) is 10.9 Å². The van der Waals surface area contributed by atoms with Crippen LogP contribution >= 0.6 is 0 Å². The van der Waals surface area contributed by atoms with Gasteiger partial charge in [-0.15, -0.1) is 0 Å². The van der Waals surface area contributed by atoms with Crippen molar-refractivity contribution in [1.29, 1.82) is 0 Å². The maximum atomic E-state index is 12.4. The number of hydrogen-bond acceptors (Lipinski definition) is 2. The maximum Gasteiger partial charge on any atom is 0.224 e. The summed E-state index contributed by atoms with van der Waals surface area (Å²) >= 11 is 0. The molecule has 4 heteroatoms. The Morgan fingerprint density at radius 1 is 1.12 bits per heavy atom. The summed E-state index contributed by atoms with van der Waals surface area (Å²) in [5, 5.41) is 14.4. The van der Waals surface area contributed by atoms with Crippen molar-refractivity contribution in [3.8, 4) is 0 Å². The highest BCUT2D eigenvalue weighted by atomic mass is 16.3. The summed E-state index contributed by atoms with van der Waals surface area (Å²) in [5.41, 5.74) is 4.12. The largest absolute Gasteiger partial charge is 0.391 e. The Balaban J connectivity index is 1.62. The lowest BCUT2D eigenvalue weighted by Crippen LogP contribution is -2.42. The molecule has 1 heterocycles. The van der Waals surface area contributed by atoms with E-state index in [-0.39, 0.29) is 11.9 Å². The Hall–Kier alpha value is -2.59. The molecule has 3 aromatic rings. The molecule has 0 fully saturated rings. The number of aromatic nitrogens is 1. The van der Waals surface area contributed by atoms with E-state index in [0.717, 1.165) is 27.7 Å². The number of rotatable bonds is 6. The minimum atomic E-state index is -0.615. The topological polar surface area (TPSA) is 65.1 Å². The van der Waals surface area contributed by atoms with Crippen molar-refractivity contribution >= 4 is 16.8 Å². The van der Waals surface area contributed by atoms with Crippen LogP contribution < -0.4 is 5.32 Å². The van der Waals surface area contributed by atoms with Gasteiger partial charge in [0.1, 0.15) is 0 Å². The molecule has 0 bridgehead atoms. The van der Waals surface area contributed by atoms with Crippen LogP contribution in [-0.4, -0.2) is 28.1 Å². The quantitative estimate of drug-likeness (QED) is 0.647. The molecule has 4 nitrogen and oxygen atoms in total. The average molecular weight is 336 g/mol. The van der Waals surface area contributed by atoms with Crippen LogP contribution in [0.15, 0.2) is 54.6 Å². The SMILES string of the molecule is Cc1[nH]c2ccccc2c1CC(=O)NC(C)C(O)Cc1ccccc1. The number of nitrogens with one attached hydrogen (secondary N) is 2. The van der Waals surface area contributed by atoms with Crippen LogP contribution in [0, 0.1) is 6.92 Å². The van der Waals surface area contributed by atoms with E-state index >= 15 is 0 Å². The monoisotopic (exact) mass is 336 g/mol. The molecule has 0 aliphatic carbocycles. The summed E-state index contributed by atoms with van der Waals surface area (Å²) in [5.74, 6) is -0.0764. The molecule has 0 saturated carbocycles. The summed E-state index contributed by atoms with van der Waals surface area (Å²) in [4.78, 5) is 15.7. The van der Waals surface area contributed by atoms with E-state index in [1.165, 1.54) is 0 Å². The van der Waals surface area contributed by atoms with E-state index in [9.17, 15) is 9.90 Å². The van der Waals surface area contributed by atoms with Crippen molar-refractivity contribution in [2.75, 3.05) is 0 Å². The Kier molecular flexibility index (Phi) is 5.19. The lowest BCUT2D eigenvalue weighted by atomic mass is 10.0. The number of amides is 1. The number of hydrogen-bond donors (Lipinski definition) is 3. The van der Waals surface area contributed by atoms with Gasteiger partial charge in [0, 0.05) is 23.0 Å². The van der Waals surface area contributed by atoms with Crippen molar-refractivity contribution < 1.29 is 9.90 Å². The Morgan fingerprint density at radius 3 is 2.56 bits per heavy atom. The summed E-state index contributed by atoms with van der Waals surface area (Å²) < 4.78 is 0. The Morgan fingerprint density at radius 2 is 1.80 bits per heavy atom. The molecular formula is C21H24N2O2. The molecule has 3 rings (SSSR count). The van der Waals surface area contributed by atoms with E-state index in [0.29, 0.717) is 12.8 Å². The first-order valence-corrected chi connectivity index (χ1v) is 8.62. The molecule has 1 aromatic heterocycles. The molecule has 0 saturated heterocycles. The standard InChI is InChI=1S/C21H24N2O2/c1-14-18(17-10-6-7-11-19(17)22-14)13-21(25)23-15(2)20(24)12-16-8-4-3-5-9-16/h3-11,15,20,22,24H,12-13H2,1-2H3,(H,23,25). The number of carbonyl (C=O) groups excluding carboxylic acids is 1. The highest BCUT2D eigenvalue weighted by Gasteiger charge is 2.19. The zero-order valence-corrected chi connectivity index (χ0v) is 14.6. The number of H-pyrrole nitrogens is 1. The van der Waals surface area contributed by atoms with Crippen molar-refractivity contribution in [2.45, 2.75) is 38.8 Å². The second kappa shape index (κ2) is 7.53. The number of carbonyl (C=O) groups is 1. The first-order valence-electron chi connectivity index (χ1n) is 8.62. The smallest absolute Gasteiger partial charge is 0.224 e. The van der Waals surface area contributed by atoms with Gasteiger partial charge in [-0.2, -0.15) is 0 Å². The minimum absolute atomic E-state index is 0.0764. The molecule has 1 amide bonds. The third-order valence-electron chi connectivity index (χ3n) is 4.62. The molecule has 25 heavy (non-hydrogen) atoms. The summed E-state index contributed by atoms with van der Waals surface area (Å²) in [6.07, 6.45) is 0.211. The van der Waals surface area contributed by atoms with E-state index in [1.54, 1.807) is 0 Å². The van der Waals surface area contributed by atoms with Gasteiger partial charge in [-0.05, 0) is 31.0 Å². The van der Waals surface area contributed by atoms with Gasteiger partial charge in [0.05, 0.1) is 18.6 Å². The number of aliphatic hydroxyl groups excluding tert-OH is 1. The number of aliphatic hydroxyl groups is 1. The first-order chi connectivity index (χ1) is 12.0. The average Bonchev–Trinajstić information content (AvgIpc) is 2.91. The lowest BCUT2D eigenvalue weighted by Gasteiger charge is -2.20. The van der Waals surface area contributed by atoms with Crippen LogP contribution in [0.3, 0.4) is 0 Å². The second-order valence-electron chi connectivity index (χ2n) is 6.56.